The lowest BCUT2D eigenvalue weighted by molar-refractivity contribution is 0.0947. The van der Waals surface area contributed by atoms with Crippen molar-refractivity contribution in [3.05, 3.63) is 46.8 Å². The molecular formula is C17H22N4O2. The van der Waals surface area contributed by atoms with Gasteiger partial charge in [0.1, 0.15) is 5.75 Å². The number of benzene rings is 1. The molecule has 1 aromatic carbocycles. The van der Waals surface area contributed by atoms with Gasteiger partial charge in [0.05, 0.1) is 7.11 Å². The van der Waals surface area contributed by atoms with Gasteiger partial charge in [0.25, 0.3) is 5.91 Å². The van der Waals surface area contributed by atoms with Crippen LogP contribution >= 0.6 is 0 Å². The van der Waals surface area contributed by atoms with Crippen LogP contribution < -0.4 is 15.4 Å². The summed E-state index contributed by atoms with van der Waals surface area (Å²) in [6.07, 6.45) is 2.71. The van der Waals surface area contributed by atoms with Crippen LogP contribution in [0, 0.1) is 0 Å². The summed E-state index contributed by atoms with van der Waals surface area (Å²) < 4.78 is 5.14. The van der Waals surface area contributed by atoms with E-state index in [1.54, 1.807) is 7.11 Å². The highest BCUT2D eigenvalue weighted by Crippen LogP contribution is 2.15. The number of aromatic amines is 1. The Balaban J connectivity index is 1.46. The molecular weight excluding hydrogens is 292 g/mol. The minimum absolute atomic E-state index is 0.0964. The molecule has 0 unspecified atom stereocenters. The van der Waals surface area contributed by atoms with Crippen LogP contribution in [0.2, 0.25) is 0 Å². The maximum absolute atomic E-state index is 12.2. The van der Waals surface area contributed by atoms with Crippen LogP contribution in [0.5, 0.6) is 5.75 Å². The Kier molecular flexibility index (Phi) is 4.92. The highest BCUT2D eigenvalue weighted by molar-refractivity contribution is 5.94. The third-order valence-corrected chi connectivity index (χ3v) is 4.11. The number of rotatable bonds is 6. The van der Waals surface area contributed by atoms with Gasteiger partial charge in [-0.05, 0) is 30.5 Å². The molecule has 2 heterocycles. The van der Waals surface area contributed by atoms with Crippen LogP contribution in [0.4, 0.5) is 0 Å². The van der Waals surface area contributed by atoms with Crippen molar-refractivity contribution >= 4 is 5.91 Å². The van der Waals surface area contributed by atoms with E-state index in [9.17, 15) is 4.79 Å². The molecule has 3 rings (SSSR count). The van der Waals surface area contributed by atoms with E-state index in [4.69, 9.17) is 4.74 Å². The number of aromatic nitrogens is 2. The number of fused-ring (bicyclic) bond motifs is 1. The number of amides is 1. The molecule has 1 aliphatic heterocycles. The number of carbonyl (C=O) groups excluding carboxylic acids is 1. The van der Waals surface area contributed by atoms with Crippen molar-refractivity contribution < 1.29 is 9.53 Å². The summed E-state index contributed by atoms with van der Waals surface area (Å²) in [6, 6.07) is 8.01. The first-order valence-corrected chi connectivity index (χ1v) is 7.96. The normalized spacial score (nSPS) is 13.4. The van der Waals surface area contributed by atoms with Crippen LogP contribution in [0.3, 0.4) is 0 Å². The Morgan fingerprint density at radius 3 is 2.96 bits per heavy atom. The molecule has 0 bridgehead atoms. The summed E-state index contributed by atoms with van der Waals surface area (Å²) in [7, 11) is 1.66. The Labute approximate surface area is 135 Å². The second kappa shape index (κ2) is 7.28. The summed E-state index contributed by atoms with van der Waals surface area (Å²) in [6.45, 7) is 2.28. The van der Waals surface area contributed by atoms with Crippen molar-refractivity contribution in [3.8, 4) is 5.75 Å². The average molecular weight is 314 g/mol. The van der Waals surface area contributed by atoms with Crippen LogP contribution in [0.1, 0.15) is 33.7 Å². The van der Waals surface area contributed by atoms with E-state index in [2.05, 4.69) is 33.0 Å². The zero-order valence-corrected chi connectivity index (χ0v) is 13.3. The SMILES string of the molecule is COc1ccc(CCCNC(=O)c2n[nH]c3c2CNCC3)cc1. The van der Waals surface area contributed by atoms with Crippen molar-refractivity contribution in [2.75, 3.05) is 20.2 Å². The quantitative estimate of drug-likeness (QED) is 0.705. The lowest BCUT2D eigenvalue weighted by Crippen LogP contribution is -2.29. The number of H-pyrrole nitrogens is 1. The van der Waals surface area contributed by atoms with Gasteiger partial charge >= 0.3 is 0 Å². The van der Waals surface area contributed by atoms with Crippen molar-refractivity contribution in [2.24, 2.45) is 0 Å². The molecule has 2 aromatic rings. The molecule has 1 aliphatic rings. The molecule has 0 saturated carbocycles. The molecule has 0 radical (unpaired) electrons. The second-order valence-corrected chi connectivity index (χ2v) is 5.66. The highest BCUT2D eigenvalue weighted by atomic mass is 16.5. The van der Waals surface area contributed by atoms with E-state index in [-0.39, 0.29) is 5.91 Å². The average Bonchev–Trinajstić information content (AvgIpc) is 3.03. The first-order valence-electron chi connectivity index (χ1n) is 7.96. The number of nitrogens with zero attached hydrogens (tertiary/aromatic N) is 1. The van der Waals surface area contributed by atoms with Crippen molar-refractivity contribution in [1.29, 1.82) is 0 Å². The zero-order chi connectivity index (χ0) is 16.1. The molecule has 0 aliphatic carbocycles. The molecule has 1 aromatic heterocycles. The third-order valence-electron chi connectivity index (χ3n) is 4.11. The predicted octanol–water partition coefficient (Wildman–Crippen LogP) is 1.43. The Morgan fingerprint density at radius 2 is 2.17 bits per heavy atom. The largest absolute Gasteiger partial charge is 0.497 e. The fourth-order valence-electron chi connectivity index (χ4n) is 2.78. The minimum Gasteiger partial charge on any atom is -0.497 e. The summed E-state index contributed by atoms with van der Waals surface area (Å²) in [5.74, 6) is 0.764. The number of aryl methyl sites for hydroxylation is 1. The number of ether oxygens (including phenoxy) is 1. The van der Waals surface area contributed by atoms with E-state index in [0.29, 0.717) is 18.8 Å². The second-order valence-electron chi connectivity index (χ2n) is 5.66. The van der Waals surface area contributed by atoms with Gasteiger partial charge < -0.3 is 15.4 Å². The fraction of sp³-hybridized carbons (Fsp3) is 0.412. The topological polar surface area (TPSA) is 79.0 Å². The standard InChI is InChI=1S/C17H22N4O2/c1-23-13-6-4-12(5-7-13)3-2-9-19-17(22)16-14-11-18-10-8-15(14)20-21-16/h4-7,18H,2-3,8-11H2,1H3,(H,19,22)(H,20,21). The number of hydrogen-bond donors (Lipinski definition) is 3. The minimum atomic E-state index is -0.0964. The van der Waals surface area contributed by atoms with E-state index >= 15 is 0 Å². The Hall–Kier alpha value is -2.34. The Bertz CT molecular complexity index is 664. The van der Waals surface area contributed by atoms with E-state index in [0.717, 1.165) is 42.8 Å². The lowest BCUT2D eigenvalue weighted by Gasteiger charge is -2.12. The number of methoxy groups -OCH3 is 1. The zero-order valence-electron chi connectivity index (χ0n) is 13.3. The van der Waals surface area contributed by atoms with Gasteiger partial charge in [-0.3, -0.25) is 9.89 Å². The molecule has 1 amide bonds. The van der Waals surface area contributed by atoms with E-state index < -0.39 is 0 Å². The van der Waals surface area contributed by atoms with Gasteiger partial charge in [-0.1, -0.05) is 12.1 Å². The summed E-state index contributed by atoms with van der Waals surface area (Å²) in [5, 5.41) is 13.4. The van der Waals surface area contributed by atoms with Gasteiger partial charge in [0, 0.05) is 37.3 Å². The first-order chi connectivity index (χ1) is 11.3. The summed E-state index contributed by atoms with van der Waals surface area (Å²) >= 11 is 0. The maximum atomic E-state index is 12.2. The van der Waals surface area contributed by atoms with Gasteiger partial charge in [-0.2, -0.15) is 5.10 Å². The van der Waals surface area contributed by atoms with Crippen molar-refractivity contribution in [1.82, 2.24) is 20.8 Å². The van der Waals surface area contributed by atoms with E-state index in [1.165, 1.54) is 5.56 Å². The van der Waals surface area contributed by atoms with E-state index in [1.807, 2.05) is 12.1 Å². The van der Waals surface area contributed by atoms with Crippen LogP contribution in [0.15, 0.2) is 24.3 Å². The molecule has 0 saturated heterocycles. The highest BCUT2D eigenvalue weighted by Gasteiger charge is 2.20. The molecule has 23 heavy (non-hydrogen) atoms. The number of carbonyl (C=O) groups is 1. The van der Waals surface area contributed by atoms with Gasteiger partial charge in [-0.25, -0.2) is 0 Å². The van der Waals surface area contributed by atoms with Crippen molar-refractivity contribution in [2.45, 2.75) is 25.8 Å². The van der Waals surface area contributed by atoms with Crippen LogP contribution in [-0.4, -0.2) is 36.3 Å². The summed E-state index contributed by atoms with van der Waals surface area (Å²) in [5.41, 5.74) is 3.84. The fourth-order valence-corrected chi connectivity index (χ4v) is 2.78. The maximum Gasteiger partial charge on any atom is 0.272 e. The predicted molar refractivity (Wildman–Crippen MR) is 87.6 cm³/mol. The molecule has 0 spiro atoms. The lowest BCUT2D eigenvalue weighted by atomic mass is 10.1. The smallest absolute Gasteiger partial charge is 0.272 e. The van der Waals surface area contributed by atoms with Gasteiger partial charge in [0.15, 0.2) is 5.69 Å². The number of hydrogen-bond acceptors (Lipinski definition) is 4. The van der Waals surface area contributed by atoms with Crippen LogP contribution in [0.25, 0.3) is 0 Å². The molecule has 3 N–H and O–H groups in total. The molecule has 0 fully saturated rings. The molecule has 0 atom stereocenters. The first kappa shape index (κ1) is 15.6. The van der Waals surface area contributed by atoms with Crippen molar-refractivity contribution in [3.63, 3.8) is 0 Å². The number of nitrogens with one attached hydrogen (secondary N) is 3. The van der Waals surface area contributed by atoms with Gasteiger partial charge in [0.2, 0.25) is 0 Å². The molecule has 6 heteroatoms. The van der Waals surface area contributed by atoms with Crippen LogP contribution in [-0.2, 0) is 19.4 Å². The monoisotopic (exact) mass is 314 g/mol. The summed E-state index contributed by atoms with van der Waals surface area (Å²) in [4.78, 5) is 12.2. The Morgan fingerprint density at radius 1 is 1.35 bits per heavy atom. The third kappa shape index (κ3) is 3.71. The molecule has 6 nitrogen and oxygen atoms in total. The van der Waals surface area contributed by atoms with Gasteiger partial charge in [-0.15, -0.1) is 0 Å². The molecule has 122 valence electrons.